The average Bonchev–Trinajstić information content (AvgIpc) is 3.11. The first-order valence-corrected chi connectivity index (χ1v) is 9.86. The Labute approximate surface area is 157 Å². The summed E-state index contributed by atoms with van der Waals surface area (Å²) in [6, 6.07) is 10.6. The molecule has 4 rings (SSSR count). The van der Waals surface area contributed by atoms with E-state index in [-0.39, 0.29) is 6.61 Å². The standard InChI is InChI=1S/C20H23N3O2S/c1-14-21-22-19-13-25-12-17-16(11-15-7-3-2-4-8-15)18(9-5-6-10-24)26-20(17)23(14)19/h2-4,7-8,24H,5-6,9-13H2,1H3. The van der Waals surface area contributed by atoms with Crippen molar-refractivity contribution < 1.29 is 9.84 Å². The van der Waals surface area contributed by atoms with Crippen LogP contribution < -0.4 is 0 Å². The van der Waals surface area contributed by atoms with Gasteiger partial charge in [-0.15, -0.1) is 21.5 Å². The number of aliphatic hydroxyl groups is 1. The number of aliphatic hydroxyl groups excluding tert-OH is 1. The fourth-order valence-electron chi connectivity index (χ4n) is 3.48. The van der Waals surface area contributed by atoms with Gasteiger partial charge in [0.05, 0.1) is 6.61 Å². The molecule has 6 heteroatoms. The number of aromatic nitrogens is 3. The number of benzene rings is 1. The van der Waals surface area contributed by atoms with E-state index in [1.807, 2.05) is 18.3 Å². The van der Waals surface area contributed by atoms with E-state index in [9.17, 15) is 0 Å². The number of aryl methyl sites for hydroxylation is 2. The van der Waals surface area contributed by atoms with Gasteiger partial charge in [0.1, 0.15) is 17.4 Å². The molecule has 3 aromatic rings. The predicted octanol–water partition coefficient (Wildman–Crippen LogP) is 3.57. The molecule has 0 radical (unpaired) electrons. The van der Waals surface area contributed by atoms with Crippen molar-refractivity contribution in [3.8, 4) is 5.00 Å². The van der Waals surface area contributed by atoms with Crippen molar-refractivity contribution >= 4 is 11.3 Å². The molecule has 3 heterocycles. The van der Waals surface area contributed by atoms with Crippen molar-refractivity contribution in [2.75, 3.05) is 6.61 Å². The van der Waals surface area contributed by atoms with Gasteiger partial charge < -0.3 is 9.84 Å². The van der Waals surface area contributed by atoms with E-state index in [4.69, 9.17) is 9.84 Å². The molecule has 1 aliphatic rings. The van der Waals surface area contributed by atoms with Gasteiger partial charge in [-0.25, -0.2) is 0 Å². The third-order valence-corrected chi connectivity index (χ3v) is 6.11. The molecule has 0 unspecified atom stereocenters. The molecule has 0 amide bonds. The SMILES string of the molecule is Cc1nnc2n1-c1sc(CCCCO)c(Cc3ccccc3)c1COC2. The normalized spacial score (nSPS) is 13.3. The Balaban J connectivity index is 1.78. The van der Waals surface area contributed by atoms with E-state index in [0.717, 1.165) is 37.3 Å². The Hall–Kier alpha value is -2.02. The van der Waals surface area contributed by atoms with Crippen LogP contribution in [0.3, 0.4) is 0 Å². The third-order valence-electron chi connectivity index (χ3n) is 4.79. The van der Waals surface area contributed by atoms with Crippen LogP contribution in [-0.4, -0.2) is 26.5 Å². The molecule has 1 N–H and O–H groups in total. The smallest absolute Gasteiger partial charge is 0.164 e. The predicted molar refractivity (Wildman–Crippen MR) is 102 cm³/mol. The summed E-state index contributed by atoms with van der Waals surface area (Å²) in [7, 11) is 0. The summed E-state index contributed by atoms with van der Waals surface area (Å²) in [5.41, 5.74) is 3.94. The van der Waals surface area contributed by atoms with Crippen LogP contribution in [0.1, 0.15) is 46.1 Å². The van der Waals surface area contributed by atoms with Crippen LogP contribution in [0.15, 0.2) is 30.3 Å². The molecule has 5 nitrogen and oxygen atoms in total. The van der Waals surface area contributed by atoms with Crippen LogP contribution in [-0.2, 0) is 30.8 Å². The van der Waals surface area contributed by atoms with E-state index in [1.54, 1.807) is 0 Å². The minimum Gasteiger partial charge on any atom is -0.396 e. The molecule has 0 saturated heterocycles. The largest absolute Gasteiger partial charge is 0.396 e. The quantitative estimate of drug-likeness (QED) is 0.675. The molecule has 1 aromatic carbocycles. The van der Waals surface area contributed by atoms with Crippen molar-refractivity contribution in [3.05, 3.63) is 63.5 Å². The minimum atomic E-state index is 0.247. The van der Waals surface area contributed by atoms with Gasteiger partial charge in [-0.2, -0.15) is 0 Å². The number of nitrogens with zero attached hydrogens (tertiary/aromatic N) is 3. The monoisotopic (exact) mass is 369 g/mol. The van der Waals surface area contributed by atoms with Crippen molar-refractivity contribution in [1.29, 1.82) is 0 Å². The first-order valence-electron chi connectivity index (χ1n) is 9.05. The van der Waals surface area contributed by atoms with Crippen LogP contribution in [0.25, 0.3) is 5.00 Å². The molecule has 2 aromatic heterocycles. The third kappa shape index (κ3) is 3.32. The highest BCUT2D eigenvalue weighted by atomic mass is 32.1. The molecule has 0 aliphatic carbocycles. The van der Waals surface area contributed by atoms with E-state index in [2.05, 4.69) is 45.1 Å². The molecule has 26 heavy (non-hydrogen) atoms. The zero-order chi connectivity index (χ0) is 17.9. The van der Waals surface area contributed by atoms with Gasteiger partial charge in [-0.05, 0) is 43.7 Å². The van der Waals surface area contributed by atoms with Gasteiger partial charge in [0, 0.05) is 17.0 Å². The van der Waals surface area contributed by atoms with Crippen LogP contribution in [0.5, 0.6) is 0 Å². The van der Waals surface area contributed by atoms with Crippen LogP contribution in [0, 0.1) is 6.92 Å². The van der Waals surface area contributed by atoms with Crippen LogP contribution in [0.2, 0.25) is 0 Å². The van der Waals surface area contributed by atoms with Gasteiger partial charge in [-0.3, -0.25) is 4.57 Å². The van der Waals surface area contributed by atoms with Crippen molar-refractivity contribution in [1.82, 2.24) is 14.8 Å². The van der Waals surface area contributed by atoms with Gasteiger partial charge in [0.15, 0.2) is 5.82 Å². The lowest BCUT2D eigenvalue weighted by atomic mass is 9.99. The number of hydrogen-bond acceptors (Lipinski definition) is 5. The topological polar surface area (TPSA) is 60.2 Å². The maximum Gasteiger partial charge on any atom is 0.164 e. The summed E-state index contributed by atoms with van der Waals surface area (Å²) >= 11 is 1.83. The lowest BCUT2D eigenvalue weighted by molar-refractivity contribution is 0.104. The Kier molecular flexibility index (Phi) is 5.15. The summed E-state index contributed by atoms with van der Waals surface area (Å²) in [6.45, 7) is 3.34. The molecular weight excluding hydrogens is 346 g/mol. The number of ether oxygens (including phenoxy) is 1. The maximum absolute atomic E-state index is 9.15. The molecule has 0 saturated carbocycles. The molecular formula is C20H23N3O2S. The number of unbranched alkanes of at least 4 members (excludes halogenated alkanes) is 1. The van der Waals surface area contributed by atoms with E-state index in [0.29, 0.717) is 13.2 Å². The van der Waals surface area contributed by atoms with Crippen LogP contribution in [0.4, 0.5) is 0 Å². The lowest BCUT2D eigenvalue weighted by Gasteiger charge is -2.08. The summed E-state index contributed by atoms with van der Waals surface area (Å²) < 4.78 is 8.07. The highest BCUT2D eigenvalue weighted by Crippen LogP contribution is 2.37. The Morgan fingerprint density at radius 2 is 2.00 bits per heavy atom. The van der Waals surface area contributed by atoms with Gasteiger partial charge >= 0.3 is 0 Å². The van der Waals surface area contributed by atoms with Gasteiger partial charge in [-0.1, -0.05) is 30.3 Å². The molecule has 0 bridgehead atoms. The maximum atomic E-state index is 9.15. The molecule has 136 valence electrons. The molecule has 0 fully saturated rings. The van der Waals surface area contributed by atoms with Crippen molar-refractivity contribution in [2.45, 2.75) is 45.8 Å². The lowest BCUT2D eigenvalue weighted by Crippen LogP contribution is -2.00. The Bertz CT molecular complexity index is 886. The second-order valence-electron chi connectivity index (χ2n) is 6.62. The second kappa shape index (κ2) is 7.70. The zero-order valence-corrected chi connectivity index (χ0v) is 15.8. The number of thiophene rings is 1. The highest BCUT2D eigenvalue weighted by Gasteiger charge is 2.25. The summed E-state index contributed by atoms with van der Waals surface area (Å²) in [5, 5.41) is 18.9. The van der Waals surface area contributed by atoms with Gasteiger partial charge in [0.25, 0.3) is 0 Å². The molecule has 1 aliphatic heterocycles. The second-order valence-corrected chi connectivity index (χ2v) is 7.71. The molecule has 0 spiro atoms. The summed E-state index contributed by atoms with van der Waals surface area (Å²) in [4.78, 5) is 1.39. The number of hydrogen-bond donors (Lipinski definition) is 1. The fraction of sp³-hybridized carbons (Fsp3) is 0.400. The van der Waals surface area contributed by atoms with E-state index < -0.39 is 0 Å². The van der Waals surface area contributed by atoms with E-state index in [1.165, 1.54) is 26.6 Å². The summed E-state index contributed by atoms with van der Waals surface area (Å²) in [5.74, 6) is 1.77. The van der Waals surface area contributed by atoms with Crippen molar-refractivity contribution in [3.63, 3.8) is 0 Å². The number of rotatable bonds is 6. The zero-order valence-electron chi connectivity index (χ0n) is 14.9. The highest BCUT2D eigenvalue weighted by molar-refractivity contribution is 7.15. The number of fused-ring (bicyclic) bond motifs is 3. The van der Waals surface area contributed by atoms with Gasteiger partial charge in [0.2, 0.25) is 0 Å². The first-order chi connectivity index (χ1) is 12.8. The van der Waals surface area contributed by atoms with Crippen molar-refractivity contribution in [2.24, 2.45) is 0 Å². The average molecular weight is 369 g/mol. The fourth-order valence-corrected chi connectivity index (χ4v) is 4.91. The Morgan fingerprint density at radius 3 is 2.81 bits per heavy atom. The first kappa shape index (κ1) is 17.4. The van der Waals surface area contributed by atoms with Crippen LogP contribution >= 0.6 is 11.3 Å². The molecule has 0 atom stereocenters. The van der Waals surface area contributed by atoms with E-state index >= 15 is 0 Å². The minimum absolute atomic E-state index is 0.247. The summed E-state index contributed by atoms with van der Waals surface area (Å²) in [6.07, 6.45) is 3.71. The Morgan fingerprint density at radius 1 is 1.15 bits per heavy atom.